The number of hydrogen-bond donors (Lipinski definition) is 1. The summed E-state index contributed by atoms with van der Waals surface area (Å²) in [6.45, 7) is 0. The summed E-state index contributed by atoms with van der Waals surface area (Å²) in [5.41, 5.74) is 4.02. The zero-order valence-corrected chi connectivity index (χ0v) is 16.3. The van der Waals surface area contributed by atoms with E-state index in [1.807, 2.05) is 12.1 Å². The van der Waals surface area contributed by atoms with Crippen molar-refractivity contribution in [3.05, 3.63) is 61.6 Å². The predicted octanol–water partition coefficient (Wildman–Crippen LogP) is 3.52. The van der Waals surface area contributed by atoms with Gasteiger partial charge in [0.25, 0.3) is 11.8 Å². The smallest absolute Gasteiger partial charge is 0.282 e. The number of nitrogens with one attached hydrogen (secondary N) is 1. The van der Waals surface area contributed by atoms with Crippen LogP contribution in [0.25, 0.3) is 6.08 Å². The fourth-order valence-electron chi connectivity index (χ4n) is 2.27. The molecule has 1 heterocycles. The molecule has 0 bridgehead atoms. The summed E-state index contributed by atoms with van der Waals surface area (Å²) in [6, 6.07) is 12.7. The van der Waals surface area contributed by atoms with Crippen LogP contribution >= 0.6 is 38.5 Å². The number of anilines is 1. The summed E-state index contributed by atoms with van der Waals surface area (Å²) in [5.74, 6) is -0.126. The molecule has 0 unspecified atom stereocenters. The number of hydrazine groups is 1. The quantitative estimate of drug-likeness (QED) is 0.400. The minimum atomic E-state index is -0.425. The minimum absolute atomic E-state index is 0.0885. The lowest BCUT2D eigenvalue weighted by Gasteiger charge is -2.14. The number of ether oxygens (including phenoxy) is 1. The molecule has 0 radical (unpaired) electrons. The maximum atomic E-state index is 12.5. The number of amides is 2. The van der Waals surface area contributed by atoms with E-state index in [9.17, 15) is 9.59 Å². The van der Waals surface area contributed by atoms with Crippen LogP contribution < -0.4 is 15.2 Å². The zero-order chi connectivity index (χ0) is 17.3. The Hall–Kier alpha value is -1.87. The van der Waals surface area contributed by atoms with Crippen molar-refractivity contribution >= 4 is 62.1 Å². The van der Waals surface area contributed by atoms with Crippen molar-refractivity contribution in [2.24, 2.45) is 0 Å². The first kappa shape index (κ1) is 17.0. The molecule has 2 aromatic rings. The van der Waals surface area contributed by atoms with Gasteiger partial charge in [0.2, 0.25) is 0 Å². The van der Waals surface area contributed by atoms with Crippen molar-refractivity contribution in [2.75, 3.05) is 12.1 Å². The van der Waals surface area contributed by atoms with Crippen LogP contribution in [0.2, 0.25) is 0 Å². The number of hydrogen-bond acceptors (Lipinski definition) is 3. The van der Waals surface area contributed by atoms with Gasteiger partial charge in [-0.2, -0.15) is 0 Å². The molecule has 0 atom stereocenters. The van der Waals surface area contributed by atoms with E-state index >= 15 is 0 Å². The van der Waals surface area contributed by atoms with Crippen molar-refractivity contribution in [1.82, 2.24) is 5.43 Å². The van der Waals surface area contributed by atoms with Crippen LogP contribution in [0.1, 0.15) is 5.56 Å². The molecule has 0 saturated carbocycles. The normalized spacial score (nSPS) is 15.8. The molecule has 1 aliphatic heterocycles. The zero-order valence-electron chi connectivity index (χ0n) is 12.5. The highest BCUT2D eigenvalue weighted by atomic mass is 127. The lowest BCUT2D eigenvalue weighted by molar-refractivity contribution is -0.117. The number of benzene rings is 2. The number of halogens is 2. The van der Waals surface area contributed by atoms with Gasteiger partial charge in [0.15, 0.2) is 0 Å². The summed E-state index contributed by atoms with van der Waals surface area (Å²) in [6.07, 6.45) is 1.56. The van der Waals surface area contributed by atoms with Gasteiger partial charge in [-0.25, -0.2) is 5.01 Å². The molecule has 2 aromatic carbocycles. The highest BCUT2D eigenvalue weighted by Gasteiger charge is 2.34. The second-order valence-electron chi connectivity index (χ2n) is 5.01. The Labute approximate surface area is 160 Å². The van der Waals surface area contributed by atoms with Gasteiger partial charge in [0.05, 0.1) is 17.3 Å². The molecule has 7 heteroatoms. The first-order valence-electron chi connectivity index (χ1n) is 6.96. The fourth-order valence-corrected chi connectivity index (χ4v) is 3.19. The van der Waals surface area contributed by atoms with Gasteiger partial charge in [0.1, 0.15) is 11.3 Å². The van der Waals surface area contributed by atoms with Crippen molar-refractivity contribution in [2.45, 2.75) is 0 Å². The summed E-state index contributed by atoms with van der Waals surface area (Å²) in [7, 11) is 1.57. The molecule has 0 spiro atoms. The molecular formula is C17H12BrIN2O3. The summed E-state index contributed by atoms with van der Waals surface area (Å²) < 4.78 is 6.97. The van der Waals surface area contributed by atoms with Gasteiger partial charge in [0, 0.05) is 3.57 Å². The van der Waals surface area contributed by atoms with Crippen molar-refractivity contribution in [3.63, 3.8) is 0 Å². The third-order valence-electron chi connectivity index (χ3n) is 3.46. The molecular weight excluding hydrogens is 487 g/mol. The topological polar surface area (TPSA) is 58.6 Å². The number of methoxy groups -OCH3 is 1. The molecule has 1 N–H and O–H groups in total. The second kappa shape index (κ2) is 6.94. The second-order valence-corrected chi connectivity index (χ2v) is 7.11. The Morgan fingerprint density at radius 2 is 1.88 bits per heavy atom. The van der Waals surface area contributed by atoms with Gasteiger partial charge in [-0.05, 0) is 86.6 Å². The van der Waals surface area contributed by atoms with E-state index in [2.05, 4.69) is 43.9 Å². The molecule has 122 valence electrons. The van der Waals surface area contributed by atoms with Gasteiger partial charge in [-0.3, -0.25) is 15.0 Å². The van der Waals surface area contributed by atoms with Crippen molar-refractivity contribution < 1.29 is 14.3 Å². The van der Waals surface area contributed by atoms with Crippen LogP contribution in [-0.2, 0) is 9.59 Å². The average molecular weight is 499 g/mol. The fraction of sp³-hybridized carbons (Fsp3) is 0.0588. The molecule has 24 heavy (non-hydrogen) atoms. The number of nitrogens with zero attached hydrogens (tertiary/aromatic N) is 1. The number of carbonyl (C=O) groups is 2. The summed E-state index contributed by atoms with van der Waals surface area (Å²) >= 11 is 5.57. The Morgan fingerprint density at radius 1 is 1.17 bits per heavy atom. The van der Waals surface area contributed by atoms with Crippen molar-refractivity contribution in [3.8, 4) is 5.75 Å². The van der Waals surface area contributed by atoms with Gasteiger partial charge in [-0.15, -0.1) is 0 Å². The van der Waals surface area contributed by atoms with Crippen LogP contribution in [0, 0.1) is 3.57 Å². The number of carbonyl (C=O) groups excluding carboxylic acids is 2. The molecule has 0 aliphatic carbocycles. The van der Waals surface area contributed by atoms with E-state index in [1.165, 1.54) is 5.01 Å². The van der Waals surface area contributed by atoms with Gasteiger partial charge in [-0.1, -0.05) is 6.07 Å². The summed E-state index contributed by atoms with van der Waals surface area (Å²) in [4.78, 5) is 24.7. The maximum Gasteiger partial charge on any atom is 0.282 e. The molecule has 1 aliphatic rings. The van der Waals surface area contributed by atoms with E-state index in [1.54, 1.807) is 43.5 Å². The van der Waals surface area contributed by atoms with Crippen LogP contribution in [0.4, 0.5) is 5.69 Å². The third-order valence-corrected chi connectivity index (χ3v) is 4.80. The highest BCUT2D eigenvalue weighted by molar-refractivity contribution is 14.1. The molecule has 3 rings (SSSR count). The Kier molecular flexibility index (Phi) is 4.91. The van der Waals surface area contributed by atoms with Crippen LogP contribution in [0.3, 0.4) is 0 Å². The van der Waals surface area contributed by atoms with Gasteiger partial charge >= 0.3 is 0 Å². The Bertz CT molecular complexity index is 849. The molecule has 1 saturated heterocycles. The van der Waals surface area contributed by atoms with Gasteiger partial charge < -0.3 is 4.74 Å². The SMILES string of the molecule is COc1ccc(/C=C2/C(=O)NN(c3ccc(I)cc3)C2=O)cc1Br. The lowest BCUT2D eigenvalue weighted by atomic mass is 10.1. The molecule has 0 aromatic heterocycles. The molecule has 1 fully saturated rings. The maximum absolute atomic E-state index is 12.5. The molecule has 5 nitrogen and oxygen atoms in total. The first-order chi connectivity index (χ1) is 11.5. The van der Waals surface area contributed by atoms with Crippen LogP contribution in [0.5, 0.6) is 5.75 Å². The summed E-state index contributed by atoms with van der Waals surface area (Å²) in [5, 5.41) is 1.25. The lowest BCUT2D eigenvalue weighted by Crippen LogP contribution is -2.35. The largest absolute Gasteiger partial charge is 0.496 e. The predicted molar refractivity (Wildman–Crippen MR) is 103 cm³/mol. The van der Waals surface area contributed by atoms with E-state index < -0.39 is 5.91 Å². The Morgan fingerprint density at radius 3 is 2.50 bits per heavy atom. The third kappa shape index (κ3) is 3.32. The van der Waals surface area contributed by atoms with Crippen LogP contribution in [0.15, 0.2) is 52.5 Å². The number of rotatable bonds is 3. The average Bonchev–Trinajstić information content (AvgIpc) is 2.84. The molecule has 2 amide bonds. The highest BCUT2D eigenvalue weighted by Crippen LogP contribution is 2.28. The van der Waals surface area contributed by atoms with E-state index in [4.69, 9.17) is 4.74 Å². The van der Waals surface area contributed by atoms with E-state index in [0.717, 1.165) is 13.6 Å². The van der Waals surface area contributed by atoms with E-state index in [-0.39, 0.29) is 11.5 Å². The van der Waals surface area contributed by atoms with E-state index in [0.29, 0.717) is 11.4 Å². The monoisotopic (exact) mass is 498 g/mol. The first-order valence-corrected chi connectivity index (χ1v) is 8.83. The van der Waals surface area contributed by atoms with Crippen LogP contribution in [-0.4, -0.2) is 18.9 Å². The Balaban J connectivity index is 1.91. The van der Waals surface area contributed by atoms with Crippen molar-refractivity contribution in [1.29, 1.82) is 0 Å². The minimum Gasteiger partial charge on any atom is -0.496 e. The standard InChI is InChI=1S/C17H12BrIN2O3/c1-24-15-7-2-10(9-14(15)18)8-13-16(22)20-21(17(13)23)12-5-3-11(19)4-6-12/h2-9H,1H3,(H,20,22)/b13-8-.